The molecule has 0 bridgehead atoms. The average molecular weight is 162 g/mol. The first-order valence-electron chi connectivity index (χ1n) is 3.46. The van der Waals surface area contributed by atoms with Crippen molar-refractivity contribution in [3.05, 3.63) is 0 Å². The first kappa shape index (κ1) is 10.3. The third-order valence-corrected chi connectivity index (χ3v) is 1.14. The fourth-order valence-corrected chi connectivity index (χ4v) is 0.562. The van der Waals surface area contributed by atoms with E-state index in [4.69, 9.17) is 11.6 Å². The van der Waals surface area contributed by atoms with E-state index in [1.807, 2.05) is 0 Å². The molecule has 5 nitrogen and oxygen atoms in total. The Morgan fingerprint density at radius 3 is 2.73 bits per heavy atom. The number of hydrogen-bond acceptors (Lipinski definition) is 5. The molecule has 0 fully saturated rings. The molecule has 5 heteroatoms. The number of nitrogens with two attached hydrogens (primary N) is 2. The minimum Gasteiger partial charge on any atom is -0.465 e. The summed E-state index contributed by atoms with van der Waals surface area (Å²) in [6.45, 7) is 2.33. The first-order chi connectivity index (χ1) is 5.22. The summed E-state index contributed by atoms with van der Waals surface area (Å²) in [5, 5.41) is 0. The van der Waals surface area contributed by atoms with Crippen LogP contribution >= 0.6 is 0 Å². The molecule has 4 N–H and O–H groups in total. The Balaban J connectivity index is 3.46. The third-order valence-electron chi connectivity index (χ3n) is 1.14. The van der Waals surface area contributed by atoms with Gasteiger partial charge in [-0.1, -0.05) is 0 Å². The van der Waals surface area contributed by atoms with Crippen molar-refractivity contribution in [2.24, 2.45) is 11.6 Å². The molecular weight excluding hydrogens is 148 g/mol. The summed E-state index contributed by atoms with van der Waals surface area (Å²) >= 11 is 0. The molecule has 0 saturated carbocycles. The van der Waals surface area contributed by atoms with Gasteiger partial charge in [-0.15, -0.1) is 0 Å². The molecule has 0 rings (SSSR count). The summed E-state index contributed by atoms with van der Waals surface area (Å²) in [6, 6.07) is -0.626. The van der Waals surface area contributed by atoms with E-state index in [-0.39, 0.29) is 6.61 Å². The smallest absolute Gasteiger partial charge is 0.322 e. The molecule has 0 saturated heterocycles. The first-order valence-corrected chi connectivity index (χ1v) is 3.46. The van der Waals surface area contributed by atoms with Gasteiger partial charge in [0.05, 0.1) is 13.2 Å². The minimum absolute atomic E-state index is 0.264. The van der Waals surface area contributed by atoms with Gasteiger partial charge in [0.1, 0.15) is 6.04 Å². The third kappa shape index (κ3) is 4.72. The van der Waals surface area contributed by atoms with Gasteiger partial charge in [0, 0.05) is 0 Å². The van der Waals surface area contributed by atoms with Crippen molar-refractivity contribution in [2.45, 2.75) is 19.4 Å². The summed E-state index contributed by atoms with van der Waals surface area (Å²) < 4.78 is 4.64. The van der Waals surface area contributed by atoms with Crippen LogP contribution in [0.3, 0.4) is 0 Å². The average Bonchev–Trinajstić information content (AvgIpc) is 2.00. The highest BCUT2D eigenvalue weighted by molar-refractivity contribution is 5.75. The Kier molecular flexibility index (Phi) is 5.73. The quantitative estimate of drug-likeness (QED) is 0.406. The number of carbonyl (C=O) groups excluding carboxylic acids is 1. The lowest BCUT2D eigenvalue weighted by Crippen LogP contribution is -2.33. The number of ether oxygens (including phenoxy) is 1. The van der Waals surface area contributed by atoms with Gasteiger partial charge < -0.3 is 15.3 Å². The van der Waals surface area contributed by atoms with Gasteiger partial charge in [0.25, 0.3) is 0 Å². The van der Waals surface area contributed by atoms with Crippen molar-refractivity contribution < 1.29 is 14.4 Å². The topological polar surface area (TPSA) is 87.6 Å². The van der Waals surface area contributed by atoms with Crippen LogP contribution in [-0.4, -0.2) is 25.2 Å². The van der Waals surface area contributed by atoms with Crippen LogP contribution < -0.4 is 11.6 Å². The standard InChI is InChI=1S/C6H14N2O3/c1-2-10-6(9)5(7)3-4-11-8/h5H,2-4,7-8H2,1H3/t5-/m0/s1. The Hall–Kier alpha value is -0.650. The van der Waals surface area contributed by atoms with Crippen molar-refractivity contribution in [1.82, 2.24) is 0 Å². The van der Waals surface area contributed by atoms with Gasteiger partial charge in [-0.25, -0.2) is 5.90 Å². The lowest BCUT2D eigenvalue weighted by Gasteiger charge is -2.08. The zero-order chi connectivity index (χ0) is 8.69. The predicted molar refractivity (Wildman–Crippen MR) is 39.4 cm³/mol. The number of hydrogen-bond donors (Lipinski definition) is 2. The van der Waals surface area contributed by atoms with Gasteiger partial charge in [0.2, 0.25) is 0 Å². The molecule has 0 heterocycles. The maximum Gasteiger partial charge on any atom is 0.322 e. The van der Waals surface area contributed by atoms with Crippen LogP contribution in [0.2, 0.25) is 0 Å². The second kappa shape index (κ2) is 6.09. The largest absolute Gasteiger partial charge is 0.465 e. The lowest BCUT2D eigenvalue weighted by molar-refractivity contribution is -0.145. The molecule has 0 spiro atoms. The number of carbonyl (C=O) groups is 1. The van der Waals surface area contributed by atoms with E-state index < -0.39 is 12.0 Å². The van der Waals surface area contributed by atoms with Crippen LogP contribution in [0, 0.1) is 0 Å². The Bertz CT molecular complexity index is 118. The predicted octanol–water partition coefficient (Wildman–Crippen LogP) is -0.843. The van der Waals surface area contributed by atoms with Crippen LogP contribution in [0.15, 0.2) is 0 Å². The minimum atomic E-state index is -0.626. The number of rotatable bonds is 5. The monoisotopic (exact) mass is 162 g/mol. The highest BCUT2D eigenvalue weighted by Gasteiger charge is 2.13. The fraction of sp³-hybridized carbons (Fsp3) is 0.833. The second-order valence-corrected chi connectivity index (χ2v) is 2.02. The molecule has 11 heavy (non-hydrogen) atoms. The molecule has 0 aromatic carbocycles. The van der Waals surface area contributed by atoms with Gasteiger partial charge in [-0.05, 0) is 13.3 Å². The Morgan fingerprint density at radius 1 is 1.64 bits per heavy atom. The zero-order valence-corrected chi connectivity index (χ0v) is 6.58. The maximum absolute atomic E-state index is 10.8. The SMILES string of the molecule is CCOC(=O)[C@@H](N)CCON. The van der Waals surface area contributed by atoms with Gasteiger partial charge >= 0.3 is 5.97 Å². The molecule has 0 unspecified atom stereocenters. The molecule has 1 atom stereocenters. The maximum atomic E-state index is 10.8. The van der Waals surface area contributed by atoms with E-state index in [1.54, 1.807) is 6.92 Å². The molecule has 0 aromatic rings. The molecule has 0 radical (unpaired) electrons. The van der Waals surface area contributed by atoms with Crippen molar-refractivity contribution in [3.63, 3.8) is 0 Å². The van der Waals surface area contributed by atoms with Crippen LogP contribution in [0.25, 0.3) is 0 Å². The van der Waals surface area contributed by atoms with Crippen LogP contribution in [0.5, 0.6) is 0 Å². The van der Waals surface area contributed by atoms with E-state index >= 15 is 0 Å². The van der Waals surface area contributed by atoms with E-state index in [0.717, 1.165) is 0 Å². The zero-order valence-electron chi connectivity index (χ0n) is 6.58. The fourth-order valence-electron chi connectivity index (χ4n) is 0.562. The van der Waals surface area contributed by atoms with E-state index in [9.17, 15) is 4.79 Å². The van der Waals surface area contributed by atoms with Gasteiger partial charge in [-0.2, -0.15) is 0 Å². The van der Waals surface area contributed by atoms with E-state index in [2.05, 4.69) is 9.57 Å². The summed E-state index contributed by atoms with van der Waals surface area (Å²) in [7, 11) is 0. The molecule has 0 aliphatic carbocycles. The van der Waals surface area contributed by atoms with E-state index in [0.29, 0.717) is 13.0 Å². The molecule has 0 aromatic heterocycles. The second-order valence-electron chi connectivity index (χ2n) is 2.02. The van der Waals surface area contributed by atoms with Gasteiger partial charge in [0.15, 0.2) is 0 Å². The summed E-state index contributed by atoms with van der Waals surface area (Å²) in [4.78, 5) is 15.1. The van der Waals surface area contributed by atoms with Crippen LogP contribution in [0.1, 0.15) is 13.3 Å². The van der Waals surface area contributed by atoms with Crippen molar-refractivity contribution in [2.75, 3.05) is 13.2 Å². The Labute approximate surface area is 65.6 Å². The summed E-state index contributed by atoms with van der Waals surface area (Å²) in [5.74, 6) is 4.33. The Morgan fingerprint density at radius 2 is 2.27 bits per heavy atom. The molecule has 0 amide bonds. The van der Waals surface area contributed by atoms with E-state index in [1.165, 1.54) is 0 Å². The molecular formula is C6H14N2O3. The summed E-state index contributed by atoms with van der Waals surface area (Å²) in [5.41, 5.74) is 5.38. The molecule has 0 aliphatic heterocycles. The normalized spacial score (nSPS) is 12.6. The van der Waals surface area contributed by atoms with Crippen molar-refractivity contribution in [1.29, 1.82) is 0 Å². The van der Waals surface area contributed by atoms with Crippen LogP contribution in [0.4, 0.5) is 0 Å². The van der Waals surface area contributed by atoms with Crippen molar-refractivity contribution in [3.8, 4) is 0 Å². The lowest BCUT2D eigenvalue weighted by atomic mass is 10.2. The highest BCUT2D eigenvalue weighted by atomic mass is 16.6. The molecule has 66 valence electrons. The highest BCUT2D eigenvalue weighted by Crippen LogP contribution is 1.91. The molecule has 0 aliphatic rings. The number of esters is 1. The summed E-state index contributed by atoms with van der Waals surface area (Å²) in [6.07, 6.45) is 0.384. The van der Waals surface area contributed by atoms with Crippen LogP contribution in [-0.2, 0) is 14.4 Å². The van der Waals surface area contributed by atoms with Crippen molar-refractivity contribution >= 4 is 5.97 Å². The van der Waals surface area contributed by atoms with Gasteiger partial charge in [-0.3, -0.25) is 4.79 Å².